The molecule has 4 N–H and O–H groups in total. The Labute approximate surface area is 148 Å². The molecule has 8 nitrogen and oxygen atoms in total. The van der Waals surface area contributed by atoms with Crippen LogP contribution in [0.2, 0.25) is 0 Å². The molecule has 8 heteroatoms. The number of aromatic amines is 2. The van der Waals surface area contributed by atoms with Gasteiger partial charge in [0.05, 0.1) is 11.0 Å². The highest BCUT2D eigenvalue weighted by Crippen LogP contribution is 2.18. The Bertz CT molecular complexity index is 1070. The number of benzene rings is 1. The summed E-state index contributed by atoms with van der Waals surface area (Å²) in [6.07, 6.45) is 4.29. The lowest BCUT2D eigenvalue weighted by molar-refractivity contribution is 0.951. The third kappa shape index (κ3) is 3.69. The zero-order chi connectivity index (χ0) is 17.8. The van der Waals surface area contributed by atoms with Crippen LogP contribution in [0.15, 0.2) is 59.7 Å². The second-order valence-electron chi connectivity index (χ2n) is 5.73. The zero-order valence-electron chi connectivity index (χ0n) is 13.9. The molecular formula is C18H17N7O. The minimum atomic E-state index is -0.229. The summed E-state index contributed by atoms with van der Waals surface area (Å²) in [6, 6.07) is 13.2. The lowest BCUT2D eigenvalue weighted by Crippen LogP contribution is -2.08. The number of hydrogen-bond donors (Lipinski definition) is 4. The predicted octanol–water partition coefficient (Wildman–Crippen LogP) is 2.44. The maximum atomic E-state index is 11.3. The normalized spacial score (nSPS) is 10.8. The van der Waals surface area contributed by atoms with Crippen LogP contribution < -0.4 is 16.3 Å². The van der Waals surface area contributed by atoms with Gasteiger partial charge in [-0.2, -0.15) is 4.98 Å². The highest BCUT2D eigenvalue weighted by Gasteiger charge is 2.03. The van der Waals surface area contributed by atoms with Crippen LogP contribution in [0.4, 0.5) is 17.5 Å². The van der Waals surface area contributed by atoms with Gasteiger partial charge in [-0.15, -0.1) is 0 Å². The number of fused-ring (bicyclic) bond motifs is 1. The van der Waals surface area contributed by atoms with E-state index in [1.54, 1.807) is 12.4 Å². The first-order valence-corrected chi connectivity index (χ1v) is 8.22. The van der Waals surface area contributed by atoms with Crippen molar-refractivity contribution in [2.75, 3.05) is 17.2 Å². The second-order valence-corrected chi connectivity index (χ2v) is 5.73. The van der Waals surface area contributed by atoms with Gasteiger partial charge in [-0.05, 0) is 36.4 Å². The largest absolute Gasteiger partial charge is 0.370 e. The molecule has 0 aliphatic heterocycles. The molecule has 130 valence electrons. The summed E-state index contributed by atoms with van der Waals surface area (Å²) >= 11 is 0. The Morgan fingerprint density at radius 2 is 1.88 bits per heavy atom. The van der Waals surface area contributed by atoms with Gasteiger partial charge in [0.25, 0.3) is 0 Å². The van der Waals surface area contributed by atoms with Gasteiger partial charge in [-0.1, -0.05) is 6.07 Å². The average molecular weight is 347 g/mol. The Hall–Kier alpha value is -3.68. The van der Waals surface area contributed by atoms with E-state index in [0.29, 0.717) is 5.95 Å². The molecule has 4 rings (SSSR count). The molecule has 4 aromatic rings. The van der Waals surface area contributed by atoms with Gasteiger partial charge in [0, 0.05) is 36.7 Å². The minimum Gasteiger partial charge on any atom is -0.370 e. The molecule has 0 amide bonds. The molecule has 0 saturated heterocycles. The Morgan fingerprint density at radius 1 is 0.962 bits per heavy atom. The van der Waals surface area contributed by atoms with Crippen molar-refractivity contribution in [1.29, 1.82) is 0 Å². The molecule has 0 bridgehead atoms. The van der Waals surface area contributed by atoms with Crippen LogP contribution in [0.3, 0.4) is 0 Å². The number of rotatable bonds is 6. The molecule has 0 radical (unpaired) electrons. The van der Waals surface area contributed by atoms with Crippen LogP contribution in [-0.4, -0.2) is 31.5 Å². The summed E-state index contributed by atoms with van der Waals surface area (Å²) in [5, 5.41) is 6.41. The summed E-state index contributed by atoms with van der Waals surface area (Å²) in [5.41, 5.74) is 3.07. The smallest absolute Gasteiger partial charge is 0.323 e. The average Bonchev–Trinajstić information content (AvgIpc) is 3.02. The summed E-state index contributed by atoms with van der Waals surface area (Å²) in [5.74, 6) is 1.21. The van der Waals surface area contributed by atoms with Crippen molar-refractivity contribution < 1.29 is 0 Å². The van der Waals surface area contributed by atoms with Gasteiger partial charge in [-0.25, -0.2) is 9.78 Å². The number of H-pyrrole nitrogens is 2. The van der Waals surface area contributed by atoms with E-state index in [-0.39, 0.29) is 5.69 Å². The van der Waals surface area contributed by atoms with Crippen LogP contribution in [-0.2, 0) is 6.42 Å². The first-order chi connectivity index (χ1) is 12.8. The van der Waals surface area contributed by atoms with Gasteiger partial charge in [0.15, 0.2) is 0 Å². The molecule has 0 fully saturated rings. The van der Waals surface area contributed by atoms with Crippen molar-refractivity contribution in [2.45, 2.75) is 6.42 Å². The summed E-state index contributed by atoms with van der Waals surface area (Å²) in [4.78, 5) is 29.8. The molecule has 0 spiro atoms. The Morgan fingerprint density at radius 3 is 2.77 bits per heavy atom. The van der Waals surface area contributed by atoms with E-state index >= 15 is 0 Å². The third-order valence-electron chi connectivity index (χ3n) is 3.84. The molecule has 0 aliphatic carbocycles. The van der Waals surface area contributed by atoms with Crippen LogP contribution >= 0.6 is 0 Å². The summed E-state index contributed by atoms with van der Waals surface area (Å²) in [7, 11) is 0. The number of aromatic nitrogens is 5. The predicted molar refractivity (Wildman–Crippen MR) is 101 cm³/mol. The van der Waals surface area contributed by atoms with E-state index in [4.69, 9.17) is 0 Å². The van der Waals surface area contributed by atoms with Crippen LogP contribution in [0.5, 0.6) is 0 Å². The van der Waals surface area contributed by atoms with Crippen LogP contribution in [0.25, 0.3) is 11.0 Å². The second kappa shape index (κ2) is 7.06. The number of anilines is 3. The van der Waals surface area contributed by atoms with Gasteiger partial charge in [0.1, 0.15) is 5.82 Å². The molecule has 3 aromatic heterocycles. The molecule has 26 heavy (non-hydrogen) atoms. The molecule has 0 saturated carbocycles. The summed E-state index contributed by atoms with van der Waals surface area (Å²) in [6.45, 7) is 0.726. The van der Waals surface area contributed by atoms with Crippen molar-refractivity contribution in [2.24, 2.45) is 0 Å². The fourth-order valence-electron chi connectivity index (χ4n) is 2.62. The van der Waals surface area contributed by atoms with E-state index in [2.05, 4.69) is 35.6 Å². The highest BCUT2D eigenvalue weighted by molar-refractivity contribution is 5.79. The SMILES string of the molecule is O=c1[nH]c2ccc(Nc3nccc(NCCc4ccccn4)n3)cc2[nH]1. The van der Waals surface area contributed by atoms with E-state index in [1.165, 1.54) is 0 Å². The highest BCUT2D eigenvalue weighted by atomic mass is 16.1. The number of imidazole rings is 1. The van der Waals surface area contributed by atoms with Gasteiger partial charge >= 0.3 is 5.69 Å². The van der Waals surface area contributed by atoms with Gasteiger partial charge in [0.2, 0.25) is 5.95 Å². The zero-order valence-corrected chi connectivity index (χ0v) is 13.9. The van der Waals surface area contributed by atoms with Gasteiger partial charge < -0.3 is 20.6 Å². The minimum absolute atomic E-state index is 0.229. The fraction of sp³-hybridized carbons (Fsp3) is 0.111. The van der Waals surface area contributed by atoms with Gasteiger partial charge in [-0.3, -0.25) is 4.98 Å². The monoisotopic (exact) mass is 347 g/mol. The first-order valence-electron chi connectivity index (χ1n) is 8.22. The van der Waals surface area contributed by atoms with Crippen molar-refractivity contribution in [1.82, 2.24) is 24.9 Å². The topological polar surface area (TPSA) is 111 Å². The van der Waals surface area contributed by atoms with E-state index in [1.807, 2.05) is 42.5 Å². The Balaban J connectivity index is 1.42. The van der Waals surface area contributed by atoms with Crippen molar-refractivity contribution >= 4 is 28.5 Å². The van der Waals surface area contributed by atoms with Crippen molar-refractivity contribution in [3.63, 3.8) is 0 Å². The molecule has 3 heterocycles. The maximum Gasteiger partial charge on any atom is 0.323 e. The van der Waals surface area contributed by atoms with Crippen LogP contribution in [0.1, 0.15) is 5.69 Å². The van der Waals surface area contributed by atoms with Crippen LogP contribution in [0, 0.1) is 0 Å². The third-order valence-corrected chi connectivity index (χ3v) is 3.84. The molecular weight excluding hydrogens is 330 g/mol. The molecule has 0 unspecified atom stereocenters. The number of hydrogen-bond acceptors (Lipinski definition) is 6. The summed E-state index contributed by atoms with van der Waals surface area (Å²) < 4.78 is 0. The number of nitrogens with zero attached hydrogens (tertiary/aromatic N) is 3. The number of pyridine rings is 1. The first kappa shape index (κ1) is 15.8. The molecule has 0 aliphatic rings. The maximum absolute atomic E-state index is 11.3. The number of nitrogens with one attached hydrogen (secondary N) is 4. The van der Waals surface area contributed by atoms with E-state index < -0.39 is 0 Å². The molecule has 1 aromatic carbocycles. The Kier molecular flexibility index (Phi) is 4.29. The fourth-order valence-corrected chi connectivity index (χ4v) is 2.62. The van der Waals surface area contributed by atoms with Crippen molar-refractivity contribution in [3.8, 4) is 0 Å². The quantitative estimate of drug-likeness (QED) is 0.426. The lowest BCUT2D eigenvalue weighted by Gasteiger charge is -2.08. The lowest BCUT2D eigenvalue weighted by atomic mass is 10.3. The molecule has 0 atom stereocenters. The van der Waals surface area contributed by atoms with E-state index in [9.17, 15) is 4.79 Å². The van der Waals surface area contributed by atoms with Crippen molar-refractivity contribution in [3.05, 3.63) is 71.0 Å². The standard InChI is InChI=1S/C18H17N7O/c26-18-23-14-5-4-13(11-15(14)24-18)22-17-21-10-7-16(25-17)20-9-6-12-3-1-2-8-19-12/h1-5,7-8,10-11H,6,9H2,(H2,23,24,26)(H2,20,21,22,25). The van der Waals surface area contributed by atoms with E-state index in [0.717, 1.165) is 41.2 Å².